The van der Waals surface area contributed by atoms with Gasteiger partial charge in [0.05, 0.1) is 11.9 Å². The maximum atomic E-state index is 11.9. The molecule has 1 aliphatic heterocycles. The Kier molecular flexibility index (Phi) is 2.97. The van der Waals surface area contributed by atoms with E-state index in [0.717, 1.165) is 5.56 Å². The molecule has 0 amide bonds. The van der Waals surface area contributed by atoms with E-state index in [1.54, 1.807) is 12.1 Å². The zero-order chi connectivity index (χ0) is 14.5. The van der Waals surface area contributed by atoms with Crippen LogP contribution in [-0.2, 0) is 9.84 Å². The predicted octanol–water partition coefficient (Wildman–Crippen LogP) is -0.137. The van der Waals surface area contributed by atoms with Crippen molar-refractivity contribution in [2.75, 3.05) is 26.2 Å². The number of nitrogens with two attached hydrogens (primary N) is 1. The third-order valence-electron chi connectivity index (χ3n) is 4.27. The molecule has 3 atom stereocenters. The minimum Gasteiger partial charge on any atom is -0.454 e. The summed E-state index contributed by atoms with van der Waals surface area (Å²) in [6.07, 6.45) is 1.19. The molecule has 1 saturated carbocycles. The number of fused-ring (bicyclic) bond motifs is 1. The van der Waals surface area contributed by atoms with Gasteiger partial charge in [-0.15, -0.1) is 0 Å². The SMILES string of the molecule is CS(=O)(=O)[C@@H]1[C@H](c2ccc3c(c2)OCO3)[C@]1(CN)CO. The van der Waals surface area contributed by atoms with E-state index in [2.05, 4.69) is 0 Å². The summed E-state index contributed by atoms with van der Waals surface area (Å²) in [4.78, 5) is 0. The van der Waals surface area contributed by atoms with Crippen LogP contribution < -0.4 is 15.2 Å². The lowest BCUT2D eigenvalue weighted by molar-refractivity contribution is 0.174. The van der Waals surface area contributed by atoms with E-state index in [1.807, 2.05) is 6.07 Å². The molecule has 0 aromatic heterocycles. The first kappa shape index (κ1) is 13.7. The van der Waals surface area contributed by atoms with Gasteiger partial charge in [0, 0.05) is 24.1 Å². The Balaban J connectivity index is 2.01. The molecule has 1 aromatic rings. The molecule has 7 heteroatoms. The fourth-order valence-electron chi connectivity index (χ4n) is 3.24. The summed E-state index contributed by atoms with van der Waals surface area (Å²) >= 11 is 0. The van der Waals surface area contributed by atoms with Gasteiger partial charge >= 0.3 is 0 Å². The zero-order valence-electron chi connectivity index (χ0n) is 11.1. The van der Waals surface area contributed by atoms with Gasteiger partial charge < -0.3 is 20.3 Å². The molecule has 1 aliphatic carbocycles. The van der Waals surface area contributed by atoms with E-state index in [9.17, 15) is 13.5 Å². The number of rotatable bonds is 4. The largest absolute Gasteiger partial charge is 0.454 e. The van der Waals surface area contributed by atoms with Gasteiger partial charge in [0.2, 0.25) is 6.79 Å². The maximum Gasteiger partial charge on any atom is 0.231 e. The highest BCUT2D eigenvalue weighted by atomic mass is 32.2. The van der Waals surface area contributed by atoms with E-state index in [-0.39, 0.29) is 25.9 Å². The van der Waals surface area contributed by atoms with Crippen molar-refractivity contribution in [2.45, 2.75) is 11.2 Å². The van der Waals surface area contributed by atoms with Gasteiger partial charge in [-0.25, -0.2) is 8.42 Å². The standard InChI is InChI=1S/C13H17NO5S/c1-20(16,17)12-11(13(12,5-14)6-15)8-2-3-9-10(4-8)19-7-18-9/h2-4,11-12,15H,5-7,14H2,1H3/t11-,12+,13-/m0/s1. The number of ether oxygens (including phenoxy) is 2. The van der Waals surface area contributed by atoms with Crippen molar-refractivity contribution in [3.8, 4) is 11.5 Å². The Bertz CT molecular complexity index is 638. The quantitative estimate of drug-likeness (QED) is 0.803. The minimum atomic E-state index is -3.28. The van der Waals surface area contributed by atoms with Crippen molar-refractivity contribution in [1.29, 1.82) is 0 Å². The van der Waals surface area contributed by atoms with E-state index in [1.165, 1.54) is 6.26 Å². The molecule has 20 heavy (non-hydrogen) atoms. The van der Waals surface area contributed by atoms with Crippen LogP contribution in [0.5, 0.6) is 11.5 Å². The van der Waals surface area contributed by atoms with Gasteiger partial charge in [-0.1, -0.05) is 6.07 Å². The summed E-state index contributed by atoms with van der Waals surface area (Å²) in [5.74, 6) is 0.945. The van der Waals surface area contributed by atoms with Gasteiger partial charge in [0.25, 0.3) is 0 Å². The van der Waals surface area contributed by atoms with E-state index < -0.39 is 20.5 Å². The summed E-state index contributed by atoms with van der Waals surface area (Å²) in [5.41, 5.74) is 5.75. The first-order valence-electron chi connectivity index (χ1n) is 6.33. The van der Waals surface area contributed by atoms with Crippen LogP contribution in [0.15, 0.2) is 18.2 Å². The third-order valence-corrected chi connectivity index (χ3v) is 5.94. The van der Waals surface area contributed by atoms with Crippen molar-refractivity contribution in [1.82, 2.24) is 0 Å². The molecule has 0 unspecified atom stereocenters. The smallest absolute Gasteiger partial charge is 0.231 e. The van der Waals surface area contributed by atoms with Crippen LogP contribution in [0.1, 0.15) is 11.5 Å². The van der Waals surface area contributed by atoms with Crippen molar-refractivity contribution in [2.24, 2.45) is 11.1 Å². The average Bonchev–Trinajstić information content (AvgIpc) is 2.89. The Hall–Kier alpha value is -1.31. The molecule has 3 N–H and O–H groups in total. The fraction of sp³-hybridized carbons (Fsp3) is 0.538. The number of benzene rings is 1. The number of aliphatic hydroxyl groups is 1. The number of hydrogen-bond acceptors (Lipinski definition) is 6. The molecule has 2 aliphatic rings. The monoisotopic (exact) mass is 299 g/mol. The topological polar surface area (TPSA) is 98.9 Å². The highest BCUT2D eigenvalue weighted by Gasteiger charge is 2.68. The van der Waals surface area contributed by atoms with Crippen LogP contribution in [0.25, 0.3) is 0 Å². The lowest BCUT2D eigenvalue weighted by Gasteiger charge is -2.11. The highest BCUT2D eigenvalue weighted by Crippen LogP contribution is 2.62. The van der Waals surface area contributed by atoms with Crippen molar-refractivity contribution in [3.05, 3.63) is 23.8 Å². The first-order valence-corrected chi connectivity index (χ1v) is 8.29. The molecule has 0 radical (unpaired) electrons. The second-order valence-electron chi connectivity index (χ2n) is 5.44. The van der Waals surface area contributed by atoms with E-state index in [0.29, 0.717) is 11.5 Å². The van der Waals surface area contributed by atoms with Crippen LogP contribution in [0.3, 0.4) is 0 Å². The van der Waals surface area contributed by atoms with Crippen molar-refractivity contribution < 1.29 is 23.0 Å². The second kappa shape index (κ2) is 4.34. The van der Waals surface area contributed by atoms with Crippen LogP contribution in [0, 0.1) is 5.41 Å². The minimum absolute atomic E-state index is 0.125. The summed E-state index contributed by atoms with van der Waals surface area (Å²) in [5, 5.41) is 8.97. The molecule has 0 bridgehead atoms. The Morgan fingerprint density at radius 3 is 2.65 bits per heavy atom. The average molecular weight is 299 g/mol. The normalized spacial score (nSPS) is 31.4. The van der Waals surface area contributed by atoms with E-state index in [4.69, 9.17) is 15.2 Å². The van der Waals surface area contributed by atoms with Gasteiger partial charge in [-0.2, -0.15) is 0 Å². The van der Waals surface area contributed by atoms with Crippen LogP contribution in [0.4, 0.5) is 0 Å². The molecular weight excluding hydrogens is 282 g/mol. The van der Waals surface area contributed by atoms with Crippen LogP contribution in [-0.4, -0.2) is 45.0 Å². The van der Waals surface area contributed by atoms with Crippen LogP contribution >= 0.6 is 0 Å². The summed E-state index contributed by atoms with van der Waals surface area (Å²) < 4.78 is 34.4. The molecule has 1 heterocycles. The fourth-order valence-corrected chi connectivity index (χ4v) is 5.25. The van der Waals surface area contributed by atoms with E-state index >= 15 is 0 Å². The van der Waals surface area contributed by atoms with Crippen LogP contribution in [0.2, 0.25) is 0 Å². The molecule has 110 valence electrons. The maximum absolute atomic E-state index is 11.9. The zero-order valence-corrected chi connectivity index (χ0v) is 11.9. The van der Waals surface area contributed by atoms with Gasteiger partial charge in [0.15, 0.2) is 21.3 Å². The predicted molar refractivity (Wildman–Crippen MR) is 72.5 cm³/mol. The lowest BCUT2D eigenvalue weighted by atomic mass is 10.00. The molecular formula is C13H17NO5S. The summed E-state index contributed by atoms with van der Waals surface area (Å²) in [6, 6.07) is 5.34. The molecule has 1 fully saturated rings. The highest BCUT2D eigenvalue weighted by molar-refractivity contribution is 7.91. The summed E-state index contributed by atoms with van der Waals surface area (Å²) in [7, 11) is -3.28. The number of aliphatic hydroxyl groups excluding tert-OH is 1. The molecule has 0 spiro atoms. The Morgan fingerprint density at radius 1 is 1.40 bits per heavy atom. The number of hydrogen-bond donors (Lipinski definition) is 2. The van der Waals surface area contributed by atoms with Gasteiger partial charge in [-0.05, 0) is 17.7 Å². The van der Waals surface area contributed by atoms with Gasteiger partial charge in [0.1, 0.15) is 0 Å². The van der Waals surface area contributed by atoms with Gasteiger partial charge in [-0.3, -0.25) is 0 Å². The Morgan fingerprint density at radius 2 is 2.10 bits per heavy atom. The lowest BCUT2D eigenvalue weighted by Crippen LogP contribution is -2.27. The Labute approximate surface area is 117 Å². The molecule has 3 rings (SSSR count). The van der Waals surface area contributed by atoms with Crippen molar-refractivity contribution in [3.63, 3.8) is 0 Å². The first-order chi connectivity index (χ1) is 9.44. The third kappa shape index (κ3) is 1.81. The summed E-state index contributed by atoms with van der Waals surface area (Å²) in [6.45, 7) is 0.0433. The van der Waals surface area contributed by atoms with Crippen molar-refractivity contribution >= 4 is 9.84 Å². The molecule has 1 aromatic carbocycles. The second-order valence-corrected chi connectivity index (χ2v) is 7.60. The molecule has 0 saturated heterocycles. The molecule has 6 nitrogen and oxygen atoms in total. The number of sulfone groups is 1.